The Kier molecular flexibility index (Phi) is 5.46. The van der Waals surface area contributed by atoms with Gasteiger partial charge in [-0.3, -0.25) is 4.90 Å². The molecule has 31 heavy (non-hydrogen) atoms. The standard InChI is InChI=1S/C20H24FN5O4S/c1-4-30-20(27)26-13-5-8-17(26)25(10-13)19-12(2)18(22-11-23-19)24-16-7-6-14(9-15(16)21)31(3,28)29/h6-7,9,11,13,17H,4-5,8,10H2,1-3H3,(H,22,23,24). The molecule has 0 radical (unpaired) electrons. The number of rotatable bonds is 5. The Hall–Kier alpha value is -2.95. The van der Waals surface area contributed by atoms with E-state index in [-0.39, 0.29) is 28.9 Å². The lowest BCUT2D eigenvalue weighted by Gasteiger charge is -2.29. The van der Waals surface area contributed by atoms with Crippen LogP contribution < -0.4 is 10.2 Å². The van der Waals surface area contributed by atoms with Crippen molar-refractivity contribution in [2.45, 2.75) is 43.8 Å². The fourth-order valence-corrected chi connectivity index (χ4v) is 4.84. The molecule has 1 N–H and O–H groups in total. The monoisotopic (exact) mass is 449 g/mol. The SMILES string of the molecule is CCOC(=O)N1C2CCC1N(c1ncnc(Nc3ccc(S(C)(=O)=O)cc3F)c1C)C2. The third-order valence-corrected chi connectivity index (χ3v) is 6.78. The number of anilines is 3. The van der Waals surface area contributed by atoms with E-state index in [1.54, 1.807) is 11.8 Å². The van der Waals surface area contributed by atoms with Gasteiger partial charge >= 0.3 is 6.09 Å². The summed E-state index contributed by atoms with van der Waals surface area (Å²) in [6.07, 6.45) is 3.67. The van der Waals surface area contributed by atoms with Crippen LogP contribution in [0.15, 0.2) is 29.4 Å². The van der Waals surface area contributed by atoms with Crippen molar-refractivity contribution in [3.63, 3.8) is 0 Å². The topological polar surface area (TPSA) is 105 Å². The highest BCUT2D eigenvalue weighted by Gasteiger charge is 2.49. The number of piperidine rings is 1. The van der Waals surface area contributed by atoms with Crippen molar-refractivity contribution in [1.82, 2.24) is 14.9 Å². The summed E-state index contributed by atoms with van der Waals surface area (Å²) in [7, 11) is -3.50. The number of hydrogen-bond acceptors (Lipinski definition) is 8. The molecule has 3 heterocycles. The van der Waals surface area contributed by atoms with E-state index in [1.807, 2.05) is 6.92 Å². The second-order valence-corrected chi connectivity index (χ2v) is 9.70. The molecular formula is C20H24FN5O4S. The number of nitrogens with one attached hydrogen (secondary N) is 1. The number of halogens is 1. The summed E-state index contributed by atoms with van der Waals surface area (Å²) in [4.78, 5) is 24.7. The highest BCUT2D eigenvalue weighted by atomic mass is 32.2. The van der Waals surface area contributed by atoms with Crippen molar-refractivity contribution < 1.29 is 22.3 Å². The van der Waals surface area contributed by atoms with Crippen LogP contribution >= 0.6 is 0 Å². The number of sulfone groups is 1. The summed E-state index contributed by atoms with van der Waals surface area (Å²) in [5.74, 6) is 0.366. The van der Waals surface area contributed by atoms with Crippen LogP contribution in [0.4, 0.5) is 26.5 Å². The highest BCUT2D eigenvalue weighted by Crippen LogP contribution is 2.39. The average molecular weight is 450 g/mol. The maximum Gasteiger partial charge on any atom is 0.411 e. The summed E-state index contributed by atoms with van der Waals surface area (Å²) >= 11 is 0. The zero-order valence-electron chi connectivity index (χ0n) is 17.5. The van der Waals surface area contributed by atoms with Gasteiger partial charge in [0.25, 0.3) is 0 Å². The number of fused-ring (bicyclic) bond motifs is 2. The fourth-order valence-electron chi connectivity index (χ4n) is 4.21. The number of ether oxygens (including phenoxy) is 1. The van der Waals surface area contributed by atoms with Gasteiger partial charge in [0.15, 0.2) is 9.84 Å². The molecule has 166 valence electrons. The number of aromatic nitrogens is 2. The molecule has 4 rings (SSSR count). The van der Waals surface area contributed by atoms with Crippen LogP contribution in [0.25, 0.3) is 0 Å². The Morgan fingerprint density at radius 3 is 2.77 bits per heavy atom. The normalized spacial score (nSPS) is 20.3. The molecule has 2 unspecified atom stereocenters. The number of carbonyl (C=O) groups excluding carboxylic acids is 1. The molecule has 2 fully saturated rings. The van der Waals surface area contributed by atoms with Crippen LogP contribution in [0.3, 0.4) is 0 Å². The van der Waals surface area contributed by atoms with Gasteiger partial charge < -0.3 is 15.0 Å². The first-order chi connectivity index (χ1) is 14.7. The van der Waals surface area contributed by atoms with E-state index < -0.39 is 15.7 Å². The smallest absolute Gasteiger partial charge is 0.411 e. The lowest BCUT2D eigenvalue weighted by Crippen LogP contribution is -2.40. The minimum atomic E-state index is -3.50. The molecule has 0 saturated carbocycles. The van der Waals surface area contributed by atoms with Crippen molar-refractivity contribution in [1.29, 1.82) is 0 Å². The van der Waals surface area contributed by atoms with Gasteiger partial charge in [-0.15, -0.1) is 0 Å². The number of amides is 1. The van der Waals surface area contributed by atoms with Crippen LogP contribution in [0.2, 0.25) is 0 Å². The third-order valence-electron chi connectivity index (χ3n) is 5.67. The Labute approximate surface area is 180 Å². The zero-order valence-corrected chi connectivity index (χ0v) is 18.3. The Morgan fingerprint density at radius 1 is 1.32 bits per heavy atom. The Morgan fingerprint density at radius 2 is 2.10 bits per heavy atom. The molecule has 1 aromatic carbocycles. The first-order valence-corrected chi connectivity index (χ1v) is 11.9. The maximum absolute atomic E-state index is 14.5. The molecule has 0 aliphatic carbocycles. The van der Waals surface area contributed by atoms with Gasteiger partial charge in [-0.1, -0.05) is 0 Å². The molecule has 2 bridgehead atoms. The number of hydrogen-bond donors (Lipinski definition) is 1. The first kappa shape index (κ1) is 21.3. The zero-order chi connectivity index (χ0) is 22.3. The number of benzene rings is 1. The predicted molar refractivity (Wildman–Crippen MR) is 113 cm³/mol. The van der Waals surface area contributed by atoms with E-state index in [9.17, 15) is 17.6 Å². The van der Waals surface area contributed by atoms with Crippen molar-refractivity contribution in [2.24, 2.45) is 0 Å². The molecule has 2 atom stereocenters. The average Bonchev–Trinajstić information content (AvgIpc) is 3.28. The second kappa shape index (κ2) is 7.95. The third kappa shape index (κ3) is 3.89. The molecule has 2 aromatic rings. The molecule has 0 spiro atoms. The van der Waals surface area contributed by atoms with E-state index >= 15 is 0 Å². The largest absolute Gasteiger partial charge is 0.450 e. The molecule has 2 aliphatic heterocycles. The van der Waals surface area contributed by atoms with Crippen molar-refractivity contribution in [3.8, 4) is 0 Å². The van der Waals surface area contributed by atoms with E-state index in [2.05, 4.69) is 20.2 Å². The van der Waals surface area contributed by atoms with Crippen LogP contribution in [-0.2, 0) is 14.6 Å². The summed E-state index contributed by atoms with van der Waals surface area (Å²) in [6.45, 7) is 4.56. The predicted octanol–water partition coefficient (Wildman–Crippen LogP) is 2.84. The van der Waals surface area contributed by atoms with Gasteiger partial charge in [0.2, 0.25) is 0 Å². The fraction of sp³-hybridized carbons (Fsp3) is 0.450. The summed E-state index contributed by atoms with van der Waals surface area (Å²) < 4.78 is 43.0. The molecule has 2 aliphatic rings. The molecule has 1 aromatic heterocycles. The van der Waals surface area contributed by atoms with Gasteiger partial charge in [0.05, 0.1) is 23.2 Å². The van der Waals surface area contributed by atoms with Gasteiger partial charge in [-0.05, 0) is 44.9 Å². The van der Waals surface area contributed by atoms with Crippen molar-refractivity contribution in [3.05, 3.63) is 35.9 Å². The van der Waals surface area contributed by atoms with E-state index in [0.29, 0.717) is 30.4 Å². The van der Waals surface area contributed by atoms with Crippen molar-refractivity contribution in [2.75, 3.05) is 29.6 Å². The van der Waals surface area contributed by atoms with Gasteiger partial charge in [-0.2, -0.15) is 0 Å². The lowest BCUT2D eigenvalue weighted by atomic mass is 10.1. The van der Waals surface area contributed by atoms with Crippen LogP contribution in [-0.4, -0.2) is 61.0 Å². The number of nitrogens with zero attached hydrogens (tertiary/aromatic N) is 4. The maximum atomic E-state index is 14.5. The molecule has 1 amide bonds. The van der Waals surface area contributed by atoms with Crippen LogP contribution in [0.5, 0.6) is 0 Å². The molecular weight excluding hydrogens is 425 g/mol. The molecule has 11 heteroatoms. The molecule has 2 saturated heterocycles. The van der Waals surface area contributed by atoms with E-state index in [1.165, 1.54) is 18.5 Å². The van der Waals surface area contributed by atoms with Gasteiger partial charge in [0, 0.05) is 18.4 Å². The summed E-state index contributed by atoms with van der Waals surface area (Å²) in [6, 6.07) is 3.75. The Balaban J connectivity index is 1.60. The van der Waals surface area contributed by atoms with Gasteiger partial charge in [-0.25, -0.2) is 27.6 Å². The van der Waals surface area contributed by atoms with Crippen LogP contribution in [0.1, 0.15) is 25.3 Å². The lowest BCUT2D eigenvalue weighted by molar-refractivity contribution is 0.102. The first-order valence-electron chi connectivity index (χ1n) is 10.0. The quantitative estimate of drug-likeness (QED) is 0.743. The second-order valence-electron chi connectivity index (χ2n) is 7.68. The van der Waals surface area contributed by atoms with Crippen molar-refractivity contribution >= 4 is 33.3 Å². The highest BCUT2D eigenvalue weighted by molar-refractivity contribution is 7.90. The van der Waals surface area contributed by atoms with Gasteiger partial charge in [0.1, 0.15) is 29.9 Å². The van der Waals surface area contributed by atoms with Crippen LogP contribution in [0, 0.1) is 12.7 Å². The number of carbonyl (C=O) groups is 1. The minimum absolute atomic E-state index is 0.0656. The summed E-state index contributed by atoms with van der Waals surface area (Å²) in [5.41, 5.74) is 0.807. The van der Waals surface area contributed by atoms with E-state index in [4.69, 9.17) is 4.74 Å². The molecule has 9 nitrogen and oxygen atoms in total. The van der Waals surface area contributed by atoms with E-state index in [0.717, 1.165) is 25.2 Å². The minimum Gasteiger partial charge on any atom is -0.450 e. The Bertz CT molecular complexity index is 1130. The summed E-state index contributed by atoms with van der Waals surface area (Å²) in [5, 5.41) is 2.93.